The van der Waals surface area contributed by atoms with Gasteiger partial charge >= 0.3 is 0 Å². The molecule has 0 atom stereocenters. The number of nitrogens with zero attached hydrogens (tertiary/aromatic N) is 2. The van der Waals surface area contributed by atoms with Crippen molar-refractivity contribution in [2.75, 3.05) is 19.8 Å². The molecule has 6 heteroatoms. The van der Waals surface area contributed by atoms with E-state index in [-0.39, 0.29) is 5.28 Å². The molecule has 0 aliphatic heterocycles. The Hall–Kier alpha value is -0.910. The van der Waals surface area contributed by atoms with Crippen LogP contribution in [0.3, 0.4) is 0 Å². The molecule has 2 aromatic rings. The van der Waals surface area contributed by atoms with Gasteiger partial charge < -0.3 is 9.47 Å². The quantitative estimate of drug-likeness (QED) is 0.611. The summed E-state index contributed by atoms with van der Waals surface area (Å²) in [5, 5.41) is 3.04. The van der Waals surface area contributed by atoms with Gasteiger partial charge in [-0.15, -0.1) is 11.3 Å². The van der Waals surface area contributed by atoms with Gasteiger partial charge in [-0.3, -0.25) is 0 Å². The molecule has 2 aromatic heterocycles. The number of halogens is 1. The van der Waals surface area contributed by atoms with Crippen LogP contribution in [0.1, 0.15) is 6.92 Å². The molecular weight excluding hydrogens is 248 g/mol. The van der Waals surface area contributed by atoms with Crippen LogP contribution in [0.4, 0.5) is 0 Å². The van der Waals surface area contributed by atoms with Gasteiger partial charge in [0.05, 0.1) is 12.0 Å². The summed E-state index contributed by atoms with van der Waals surface area (Å²) in [4.78, 5) is 9.00. The van der Waals surface area contributed by atoms with Crippen molar-refractivity contribution in [1.82, 2.24) is 9.97 Å². The predicted molar refractivity (Wildman–Crippen MR) is 64.4 cm³/mol. The molecule has 0 amide bonds. The summed E-state index contributed by atoms with van der Waals surface area (Å²) in [7, 11) is 0. The van der Waals surface area contributed by atoms with E-state index in [0.29, 0.717) is 25.7 Å². The van der Waals surface area contributed by atoms with Gasteiger partial charge in [-0.05, 0) is 30.0 Å². The van der Waals surface area contributed by atoms with Crippen LogP contribution in [0.15, 0.2) is 11.4 Å². The van der Waals surface area contributed by atoms with Crippen molar-refractivity contribution in [2.45, 2.75) is 6.92 Å². The van der Waals surface area contributed by atoms with Crippen LogP contribution in [-0.2, 0) is 4.74 Å². The van der Waals surface area contributed by atoms with E-state index in [1.807, 2.05) is 18.4 Å². The Bertz CT molecular complexity index is 475. The Morgan fingerprint density at radius 1 is 1.38 bits per heavy atom. The fraction of sp³-hybridized carbons (Fsp3) is 0.400. The number of aromatic nitrogens is 2. The molecule has 0 aliphatic carbocycles. The lowest BCUT2D eigenvalue weighted by atomic mass is 10.4. The molecule has 0 spiro atoms. The first-order valence-electron chi connectivity index (χ1n) is 4.92. The molecule has 16 heavy (non-hydrogen) atoms. The molecule has 0 unspecified atom stereocenters. The van der Waals surface area contributed by atoms with Crippen molar-refractivity contribution in [3.63, 3.8) is 0 Å². The zero-order valence-electron chi connectivity index (χ0n) is 8.77. The molecule has 0 radical (unpaired) electrons. The molecular formula is C10H11ClN2O2S. The Kier molecular flexibility index (Phi) is 3.93. The van der Waals surface area contributed by atoms with Gasteiger partial charge in [0.1, 0.15) is 11.4 Å². The highest BCUT2D eigenvalue weighted by molar-refractivity contribution is 7.16. The second-order valence-corrected chi connectivity index (χ2v) is 4.22. The number of fused-ring (bicyclic) bond motifs is 1. The molecule has 2 rings (SSSR count). The van der Waals surface area contributed by atoms with E-state index in [0.717, 1.165) is 10.2 Å². The van der Waals surface area contributed by atoms with Crippen LogP contribution in [0.25, 0.3) is 10.2 Å². The van der Waals surface area contributed by atoms with Gasteiger partial charge in [0.15, 0.2) is 0 Å². The smallest absolute Gasteiger partial charge is 0.227 e. The first kappa shape index (κ1) is 11.6. The summed E-state index contributed by atoms with van der Waals surface area (Å²) in [6, 6.07) is 1.92. The van der Waals surface area contributed by atoms with Crippen molar-refractivity contribution in [2.24, 2.45) is 0 Å². The average Bonchev–Trinajstić information content (AvgIpc) is 2.72. The molecule has 0 N–H and O–H groups in total. The lowest BCUT2D eigenvalue weighted by Gasteiger charge is -2.06. The minimum atomic E-state index is 0.210. The van der Waals surface area contributed by atoms with Crippen molar-refractivity contribution in [3.05, 3.63) is 16.7 Å². The van der Waals surface area contributed by atoms with Crippen LogP contribution in [0.2, 0.25) is 5.28 Å². The highest BCUT2D eigenvalue weighted by Gasteiger charge is 2.08. The number of ether oxygens (including phenoxy) is 2. The van der Waals surface area contributed by atoms with Gasteiger partial charge in [-0.2, -0.15) is 4.98 Å². The summed E-state index contributed by atoms with van der Waals surface area (Å²) in [6.45, 7) is 3.64. The molecule has 4 nitrogen and oxygen atoms in total. The molecule has 2 heterocycles. The van der Waals surface area contributed by atoms with E-state index in [1.54, 1.807) is 0 Å². The van der Waals surface area contributed by atoms with E-state index in [9.17, 15) is 0 Å². The van der Waals surface area contributed by atoms with E-state index in [2.05, 4.69) is 9.97 Å². The zero-order chi connectivity index (χ0) is 11.4. The molecule has 0 saturated carbocycles. The number of hydrogen-bond acceptors (Lipinski definition) is 5. The maximum atomic E-state index is 5.79. The lowest BCUT2D eigenvalue weighted by molar-refractivity contribution is 0.109. The molecule has 86 valence electrons. The van der Waals surface area contributed by atoms with Crippen LogP contribution < -0.4 is 4.74 Å². The van der Waals surface area contributed by atoms with Gasteiger partial charge in [-0.25, -0.2) is 4.98 Å². The number of rotatable bonds is 5. The minimum absolute atomic E-state index is 0.210. The third-order valence-corrected chi connectivity index (χ3v) is 2.91. The van der Waals surface area contributed by atoms with Crippen LogP contribution in [0.5, 0.6) is 5.88 Å². The Morgan fingerprint density at radius 2 is 2.25 bits per heavy atom. The highest BCUT2D eigenvalue weighted by Crippen LogP contribution is 2.27. The predicted octanol–water partition coefficient (Wildman–Crippen LogP) is 2.76. The Labute approximate surface area is 102 Å². The molecule has 0 saturated heterocycles. The maximum absolute atomic E-state index is 5.79. The number of thiophene rings is 1. The summed E-state index contributed by atoms with van der Waals surface area (Å²) in [5.74, 6) is 0.524. The SMILES string of the molecule is CCOCCOc1nc(Cl)nc2sccc12. The average molecular weight is 259 g/mol. The summed E-state index contributed by atoms with van der Waals surface area (Å²) < 4.78 is 10.7. The lowest BCUT2D eigenvalue weighted by Crippen LogP contribution is -2.07. The topological polar surface area (TPSA) is 44.2 Å². The molecule has 0 fully saturated rings. The standard InChI is InChI=1S/C10H11ClN2O2S/c1-2-14-4-5-15-8-7-3-6-16-9(7)13-10(11)12-8/h3,6H,2,4-5H2,1H3. The largest absolute Gasteiger partial charge is 0.475 e. The normalized spacial score (nSPS) is 10.9. The fourth-order valence-electron chi connectivity index (χ4n) is 1.26. The van der Waals surface area contributed by atoms with E-state index in [4.69, 9.17) is 21.1 Å². The van der Waals surface area contributed by atoms with Gasteiger partial charge in [0, 0.05) is 6.61 Å². The fourth-order valence-corrected chi connectivity index (χ4v) is 2.22. The van der Waals surface area contributed by atoms with Gasteiger partial charge in [0.25, 0.3) is 0 Å². The Morgan fingerprint density at radius 3 is 3.06 bits per heavy atom. The van der Waals surface area contributed by atoms with E-state index < -0.39 is 0 Å². The van der Waals surface area contributed by atoms with Crippen LogP contribution >= 0.6 is 22.9 Å². The van der Waals surface area contributed by atoms with E-state index in [1.165, 1.54) is 11.3 Å². The third kappa shape index (κ3) is 2.61. The third-order valence-electron chi connectivity index (χ3n) is 1.93. The highest BCUT2D eigenvalue weighted by atomic mass is 35.5. The first-order chi connectivity index (χ1) is 7.81. The van der Waals surface area contributed by atoms with Crippen molar-refractivity contribution in [1.29, 1.82) is 0 Å². The monoisotopic (exact) mass is 258 g/mol. The molecule has 0 aliphatic rings. The second kappa shape index (κ2) is 5.43. The van der Waals surface area contributed by atoms with Crippen LogP contribution in [-0.4, -0.2) is 29.8 Å². The van der Waals surface area contributed by atoms with Crippen molar-refractivity contribution < 1.29 is 9.47 Å². The van der Waals surface area contributed by atoms with Gasteiger partial charge in [-0.1, -0.05) is 0 Å². The number of hydrogen-bond donors (Lipinski definition) is 0. The summed E-state index contributed by atoms with van der Waals surface area (Å²) >= 11 is 7.31. The first-order valence-corrected chi connectivity index (χ1v) is 6.18. The van der Waals surface area contributed by atoms with E-state index >= 15 is 0 Å². The van der Waals surface area contributed by atoms with Crippen LogP contribution in [0, 0.1) is 0 Å². The maximum Gasteiger partial charge on any atom is 0.227 e. The summed E-state index contributed by atoms with van der Waals surface area (Å²) in [5.41, 5.74) is 0. The molecule has 0 bridgehead atoms. The Balaban J connectivity index is 2.12. The second-order valence-electron chi connectivity index (χ2n) is 2.98. The van der Waals surface area contributed by atoms with Crippen molar-refractivity contribution in [3.8, 4) is 5.88 Å². The summed E-state index contributed by atoms with van der Waals surface area (Å²) in [6.07, 6.45) is 0. The molecule has 0 aromatic carbocycles. The minimum Gasteiger partial charge on any atom is -0.475 e. The van der Waals surface area contributed by atoms with Crippen molar-refractivity contribution >= 4 is 33.2 Å². The zero-order valence-corrected chi connectivity index (χ0v) is 10.3. The van der Waals surface area contributed by atoms with Gasteiger partial charge in [0.2, 0.25) is 11.2 Å².